The van der Waals surface area contributed by atoms with Gasteiger partial charge in [0.15, 0.2) is 0 Å². The molecule has 1 heterocycles. The van der Waals surface area contributed by atoms with Crippen molar-refractivity contribution in [3.63, 3.8) is 0 Å². The standard InChI is InChI=1S/C9H9BrN2O5/c1-5-6(12(16)17)4-11(3-2-7(13)14)9(15)8(5)10/h4H,2-3H2,1H3,(H,13,14). The smallest absolute Gasteiger partial charge is 0.305 e. The third-order valence-corrected chi connectivity index (χ3v) is 3.14. The summed E-state index contributed by atoms with van der Waals surface area (Å²) >= 11 is 2.97. The number of pyridine rings is 1. The number of carbonyl (C=O) groups is 1. The highest BCUT2D eigenvalue weighted by Gasteiger charge is 2.18. The molecule has 0 saturated heterocycles. The summed E-state index contributed by atoms with van der Waals surface area (Å²) in [4.78, 5) is 32.2. The summed E-state index contributed by atoms with van der Waals surface area (Å²) in [6.45, 7) is 1.35. The zero-order valence-corrected chi connectivity index (χ0v) is 10.4. The number of carboxylic acids is 1. The molecule has 0 aliphatic rings. The number of carboxylic acid groups (broad SMARTS) is 1. The molecular weight excluding hydrogens is 296 g/mol. The Balaban J connectivity index is 3.27. The summed E-state index contributed by atoms with van der Waals surface area (Å²) in [5.41, 5.74) is -0.470. The number of hydrogen-bond donors (Lipinski definition) is 1. The molecule has 0 radical (unpaired) electrons. The van der Waals surface area contributed by atoms with E-state index in [1.807, 2.05) is 0 Å². The van der Waals surface area contributed by atoms with Gasteiger partial charge in [0.25, 0.3) is 11.2 Å². The minimum atomic E-state index is -1.07. The zero-order valence-electron chi connectivity index (χ0n) is 8.84. The van der Waals surface area contributed by atoms with E-state index in [9.17, 15) is 19.7 Å². The second kappa shape index (κ2) is 5.09. The van der Waals surface area contributed by atoms with E-state index in [0.29, 0.717) is 0 Å². The van der Waals surface area contributed by atoms with Gasteiger partial charge in [-0.15, -0.1) is 0 Å². The van der Waals surface area contributed by atoms with Crippen molar-refractivity contribution in [2.24, 2.45) is 0 Å². The number of rotatable bonds is 4. The lowest BCUT2D eigenvalue weighted by atomic mass is 10.2. The summed E-state index contributed by atoms with van der Waals surface area (Å²) in [6, 6.07) is 0. The van der Waals surface area contributed by atoms with E-state index < -0.39 is 16.5 Å². The Bertz CT molecular complexity index is 537. The van der Waals surface area contributed by atoms with Crippen LogP contribution in [-0.4, -0.2) is 20.6 Å². The van der Waals surface area contributed by atoms with Crippen LogP contribution in [0.25, 0.3) is 0 Å². The maximum atomic E-state index is 11.7. The number of aryl methyl sites for hydroxylation is 1. The van der Waals surface area contributed by atoms with Crippen LogP contribution < -0.4 is 5.56 Å². The van der Waals surface area contributed by atoms with Crippen LogP contribution >= 0.6 is 15.9 Å². The molecule has 0 amide bonds. The molecule has 8 heteroatoms. The molecule has 0 atom stereocenters. The van der Waals surface area contributed by atoms with E-state index >= 15 is 0 Å². The van der Waals surface area contributed by atoms with Gasteiger partial charge in [-0.2, -0.15) is 0 Å². The molecule has 0 saturated carbocycles. The molecule has 1 aromatic rings. The van der Waals surface area contributed by atoms with Crippen LogP contribution in [0.5, 0.6) is 0 Å². The fourth-order valence-corrected chi connectivity index (χ4v) is 1.70. The molecule has 17 heavy (non-hydrogen) atoms. The summed E-state index contributed by atoms with van der Waals surface area (Å²) in [6.07, 6.45) is 0.790. The normalized spacial score (nSPS) is 10.2. The van der Waals surface area contributed by atoms with Gasteiger partial charge >= 0.3 is 5.97 Å². The van der Waals surface area contributed by atoms with E-state index in [1.165, 1.54) is 6.92 Å². The minimum absolute atomic E-state index is 0.0806. The van der Waals surface area contributed by atoms with Gasteiger partial charge in [0, 0.05) is 12.1 Å². The maximum Gasteiger partial charge on any atom is 0.305 e. The second-order valence-corrected chi connectivity index (χ2v) is 4.15. The van der Waals surface area contributed by atoms with Crippen LogP contribution in [0.1, 0.15) is 12.0 Å². The van der Waals surface area contributed by atoms with Crippen molar-refractivity contribution in [2.45, 2.75) is 19.9 Å². The Labute approximate surface area is 104 Å². The van der Waals surface area contributed by atoms with Gasteiger partial charge in [0.05, 0.1) is 22.0 Å². The average molecular weight is 305 g/mol. The quantitative estimate of drug-likeness (QED) is 0.667. The van der Waals surface area contributed by atoms with Crippen molar-refractivity contribution < 1.29 is 14.8 Å². The topological polar surface area (TPSA) is 102 Å². The van der Waals surface area contributed by atoms with E-state index in [2.05, 4.69) is 15.9 Å². The van der Waals surface area contributed by atoms with Gasteiger partial charge < -0.3 is 9.67 Å². The van der Waals surface area contributed by atoms with E-state index in [1.54, 1.807) is 0 Å². The van der Waals surface area contributed by atoms with Crippen molar-refractivity contribution in [3.8, 4) is 0 Å². The van der Waals surface area contributed by atoms with Crippen molar-refractivity contribution in [1.82, 2.24) is 4.57 Å². The molecule has 0 bridgehead atoms. The fraction of sp³-hybridized carbons (Fsp3) is 0.333. The number of halogens is 1. The zero-order chi connectivity index (χ0) is 13.2. The predicted molar refractivity (Wildman–Crippen MR) is 62.0 cm³/mol. The van der Waals surface area contributed by atoms with Gasteiger partial charge in [-0.1, -0.05) is 0 Å². The van der Waals surface area contributed by atoms with E-state index in [4.69, 9.17) is 5.11 Å². The molecular formula is C9H9BrN2O5. The molecule has 1 rings (SSSR count). The van der Waals surface area contributed by atoms with Crippen molar-refractivity contribution in [2.75, 3.05) is 0 Å². The first-order valence-corrected chi connectivity index (χ1v) is 5.39. The Morgan fingerprint density at radius 3 is 2.71 bits per heavy atom. The molecule has 1 N–H and O–H groups in total. The number of aromatic nitrogens is 1. The molecule has 0 spiro atoms. The molecule has 1 aromatic heterocycles. The number of aliphatic carboxylic acids is 1. The summed E-state index contributed by atoms with van der Waals surface area (Å²) in [5, 5.41) is 19.2. The SMILES string of the molecule is Cc1c([N+](=O)[O-])cn(CCC(=O)O)c(=O)c1Br. The fourth-order valence-electron chi connectivity index (χ4n) is 1.27. The largest absolute Gasteiger partial charge is 0.481 e. The Hall–Kier alpha value is -1.70. The summed E-state index contributed by atoms with van der Waals surface area (Å²) < 4.78 is 1.10. The lowest BCUT2D eigenvalue weighted by Crippen LogP contribution is -2.23. The van der Waals surface area contributed by atoms with Gasteiger partial charge in [0.2, 0.25) is 0 Å². The third-order valence-electron chi connectivity index (χ3n) is 2.20. The molecule has 92 valence electrons. The predicted octanol–water partition coefficient (Wildman–Crippen LogP) is 1.30. The van der Waals surface area contributed by atoms with Crippen molar-refractivity contribution in [3.05, 3.63) is 36.7 Å². The highest BCUT2D eigenvalue weighted by Crippen LogP contribution is 2.22. The Kier molecular flexibility index (Phi) is 4.00. The third kappa shape index (κ3) is 2.90. The molecule has 7 nitrogen and oxygen atoms in total. The minimum Gasteiger partial charge on any atom is -0.481 e. The highest BCUT2D eigenvalue weighted by atomic mass is 79.9. The van der Waals surface area contributed by atoms with Gasteiger partial charge in [-0.3, -0.25) is 19.7 Å². The highest BCUT2D eigenvalue weighted by molar-refractivity contribution is 9.10. The lowest BCUT2D eigenvalue weighted by molar-refractivity contribution is -0.386. The number of nitrogens with zero attached hydrogens (tertiary/aromatic N) is 2. The van der Waals surface area contributed by atoms with Crippen LogP contribution in [0.3, 0.4) is 0 Å². The lowest BCUT2D eigenvalue weighted by Gasteiger charge is -2.06. The van der Waals surface area contributed by atoms with Crippen LogP contribution in [0.4, 0.5) is 5.69 Å². The van der Waals surface area contributed by atoms with Crippen LogP contribution in [0.2, 0.25) is 0 Å². The number of nitro groups is 1. The maximum absolute atomic E-state index is 11.7. The molecule has 0 unspecified atom stereocenters. The Morgan fingerprint density at radius 1 is 1.65 bits per heavy atom. The Morgan fingerprint density at radius 2 is 2.24 bits per heavy atom. The first-order valence-electron chi connectivity index (χ1n) is 4.60. The molecule has 0 aliphatic carbocycles. The monoisotopic (exact) mass is 304 g/mol. The van der Waals surface area contributed by atoms with Crippen LogP contribution in [0.15, 0.2) is 15.5 Å². The van der Waals surface area contributed by atoms with Crippen LogP contribution in [-0.2, 0) is 11.3 Å². The number of hydrogen-bond acceptors (Lipinski definition) is 4. The summed E-state index contributed by atoms with van der Waals surface area (Å²) in [5.74, 6) is -1.07. The van der Waals surface area contributed by atoms with E-state index in [0.717, 1.165) is 10.8 Å². The van der Waals surface area contributed by atoms with Gasteiger partial charge in [-0.05, 0) is 22.9 Å². The van der Waals surface area contributed by atoms with Gasteiger partial charge in [0.1, 0.15) is 0 Å². The molecule has 0 aliphatic heterocycles. The van der Waals surface area contributed by atoms with Crippen molar-refractivity contribution in [1.29, 1.82) is 0 Å². The second-order valence-electron chi connectivity index (χ2n) is 3.35. The average Bonchev–Trinajstić information content (AvgIpc) is 2.24. The first kappa shape index (κ1) is 13.4. The summed E-state index contributed by atoms with van der Waals surface area (Å²) in [7, 11) is 0. The molecule has 0 fully saturated rings. The van der Waals surface area contributed by atoms with Gasteiger partial charge in [-0.25, -0.2) is 0 Å². The molecule has 0 aromatic carbocycles. The van der Waals surface area contributed by atoms with Crippen LogP contribution in [0, 0.1) is 17.0 Å². The van der Waals surface area contributed by atoms with Crippen molar-refractivity contribution >= 4 is 27.6 Å². The first-order chi connectivity index (χ1) is 7.84. The van der Waals surface area contributed by atoms with E-state index in [-0.39, 0.29) is 28.7 Å².